The molecule has 5 nitrogen and oxygen atoms in total. The van der Waals surface area contributed by atoms with Gasteiger partial charge in [-0.05, 0) is 44.7 Å². The van der Waals surface area contributed by atoms with Gasteiger partial charge < -0.3 is 10.0 Å². The molecule has 130 valence electrons. The number of hydrogen-bond donors (Lipinski definition) is 1. The smallest absolute Gasteiger partial charge is 0.407 e. The molecule has 24 heavy (non-hydrogen) atoms. The molecular weight excluding hydrogens is 304 g/mol. The summed E-state index contributed by atoms with van der Waals surface area (Å²) in [5.74, 6) is 0.00197. The van der Waals surface area contributed by atoms with Crippen LogP contribution in [0.25, 0.3) is 0 Å². The van der Waals surface area contributed by atoms with E-state index < -0.39 is 11.6 Å². The number of carboxylic acid groups (broad SMARTS) is 1. The molecule has 1 rings (SSSR count). The van der Waals surface area contributed by atoms with Gasteiger partial charge in [0.05, 0.1) is 11.6 Å². The van der Waals surface area contributed by atoms with Crippen molar-refractivity contribution in [3.63, 3.8) is 0 Å². The van der Waals surface area contributed by atoms with Crippen LogP contribution in [0.2, 0.25) is 0 Å². The highest BCUT2D eigenvalue weighted by molar-refractivity contribution is 5.96. The van der Waals surface area contributed by atoms with Crippen molar-refractivity contribution in [2.24, 2.45) is 5.41 Å². The predicted octanol–water partition coefficient (Wildman–Crippen LogP) is 4.33. The zero-order valence-electron chi connectivity index (χ0n) is 15.1. The van der Waals surface area contributed by atoms with E-state index in [0.717, 1.165) is 0 Å². The Morgan fingerprint density at radius 3 is 2.08 bits per heavy atom. The van der Waals surface area contributed by atoms with Gasteiger partial charge in [0.15, 0.2) is 5.78 Å². The summed E-state index contributed by atoms with van der Waals surface area (Å²) in [4.78, 5) is 25.2. The Hall–Kier alpha value is -2.35. The molecule has 0 aliphatic rings. The van der Waals surface area contributed by atoms with E-state index in [0.29, 0.717) is 30.5 Å². The van der Waals surface area contributed by atoms with Gasteiger partial charge in [-0.2, -0.15) is 5.26 Å². The molecule has 0 saturated carbocycles. The lowest BCUT2D eigenvalue weighted by molar-refractivity contribution is 0.0834. The van der Waals surface area contributed by atoms with Gasteiger partial charge in [0, 0.05) is 24.1 Å². The Kier molecular flexibility index (Phi) is 6.14. The molecule has 0 unspecified atom stereocenters. The van der Waals surface area contributed by atoms with Crippen LogP contribution >= 0.6 is 0 Å². The van der Waals surface area contributed by atoms with Crippen molar-refractivity contribution >= 4 is 11.9 Å². The van der Waals surface area contributed by atoms with Gasteiger partial charge in [0.25, 0.3) is 0 Å². The van der Waals surface area contributed by atoms with E-state index in [4.69, 9.17) is 5.26 Å². The van der Waals surface area contributed by atoms with E-state index in [9.17, 15) is 14.7 Å². The number of amides is 1. The van der Waals surface area contributed by atoms with Gasteiger partial charge in [-0.1, -0.05) is 26.0 Å². The van der Waals surface area contributed by atoms with Crippen LogP contribution in [0.4, 0.5) is 4.79 Å². The number of carbonyl (C=O) groups is 2. The molecule has 1 N–H and O–H groups in total. The quantitative estimate of drug-likeness (QED) is 0.787. The summed E-state index contributed by atoms with van der Waals surface area (Å²) in [6.45, 7) is 9.89. The van der Waals surface area contributed by atoms with Crippen LogP contribution in [-0.2, 0) is 0 Å². The highest BCUT2D eigenvalue weighted by atomic mass is 16.4. The second kappa shape index (κ2) is 7.48. The normalized spacial score (nSPS) is 11.7. The maximum absolute atomic E-state index is 12.4. The van der Waals surface area contributed by atoms with Crippen molar-refractivity contribution in [2.75, 3.05) is 6.54 Å². The molecule has 0 aromatic heterocycles. The first kappa shape index (κ1) is 19.7. The second-order valence-corrected chi connectivity index (χ2v) is 7.81. The summed E-state index contributed by atoms with van der Waals surface area (Å²) in [7, 11) is 0. The lowest BCUT2D eigenvalue weighted by Gasteiger charge is -2.35. The minimum absolute atomic E-state index is 0.00197. The van der Waals surface area contributed by atoms with Gasteiger partial charge in [-0.25, -0.2) is 4.79 Å². The van der Waals surface area contributed by atoms with E-state index >= 15 is 0 Å². The van der Waals surface area contributed by atoms with Crippen LogP contribution < -0.4 is 0 Å². The molecule has 1 aromatic rings. The van der Waals surface area contributed by atoms with Crippen molar-refractivity contribution < 1.29 is 14.7 Å². The van der Waals surface area contributed by atoms with Crippen molar-refractivity contribution in [3.8, 4) is 6.07 Å². The minimum Gasteiger partial charge on any atom is -0.465 e. The molecule has 0 fully saturated rings. The summed E-state index contributed by atoms with van der Waals surface area (Å²) in [5.41, 5.74) is 0.310. The molecule has 0 heterocycles. The second-order valence-electron chi connectivity index (χ2n) is 7.81. The summed E-state index contributed by atoms with van der Waals surface area (Å²) in [6.07, 6.45) is -0.0218. The third-order valence-electron chi connectivity index (χ3n) is 4.03. The van der Waals surface area contributed by atoms with Gasteiger partial charge in [0.1, 0.15) is 0 Å². The van der Waals surface area contributed by atoms with Gasteiger partial charge in [-0.3, -0.25) is 4.79 Å². The first-order chi connectivity index (χ1) is 11.0. The summed E-state index contributed by atoms with van der Waals surface area (Å²) >= 11 is 0. The lowest BCUT2D eigenvalue weighted by atomic mass is 9.82. The van der Waals surface area contributed by atoms with Crippen molar-refractivity contribution in [1.82, 2.24) is 4.90 Å². The number of rotatable bonds is 6. The topological polar surface area (TPSA) is 81.4 Å². The predicted molar refractivity (Wildman–Crippen MR) is 93.0 cm³/mol. The fourth-order valence-corrected chi connectivity index (χ4v) is 2.49. The molecule has 0 radical (unpaired) electrons. The number of carbonyl (C=O) groups excluding carboxylic acids is 1. The summed E-state index contributed by atoms with van der Waals surface area (Å²) < 4.78 is 0. The van der Waals surface area contributed by atoms with Crippen LogP contribution in [0.3, 0.4) is 0 Å². The zero-order valence-corrected chi connectivity index (χ0v) is 15.1. The monoisotopic (exact) mass is 330 g/mol. The molecule has 1 aromatic carbocycles. The van der Waals surface area contributed by atoms with Crippen molar-refractivity contribution in [3.05, 3.63) is 35.4 Å². The Balaban J connectivity index is 2.72. The Bertz CT molecular complexity index is 634. The summed E-state index contributed by atoms with van der Waals surface area (Å²) in [5, 5.41) is 18.1. The largest absolute Gasteiger partial charge is 0.465 e. The number of benzene rings is 1. The Morgan fingerprint density at radius 2 is 1.67 bits per heavy atom. The molecule has 0 bridgehead atoms. The maximum atomic E-state index is 12.4. The third-order valence-corrected chi connectivity index (χ3v) is 4.03. The van der Waals surface area contributed by atoms with Gasteiger partial charge in [-0.15, -0.1) is 0 Å². The lowest BCUT2D eigenvalue weighted by Crippen LogP contribution is -2.46. The molecule has 5 heteroatoms. The van der Waals surface area contributed by atoms with E-state index in [-0.39, 0.29) is 11.2 Å². The SMILES string of the molecule is CC(C)(CCN(C(=O)O)C(C)(C)C)CC(=O)c1ccc(C#N)cc1. The molecule has 0 saturated heterocycles. The summed E-state index contributed by atoms with van der Waals surface area (Å²) in [6, 6.07) is 8.61. The van der Waals surface area contributed by atoms with Crippen molar-refractivity contribution in [1.29, 1.82) is 5.26 Å². The fraction of sp³-hybridized carbons (Fsp3) is 0.526. The molecule has 0 atom stereocenters. The van der Waals surface area contributed by atoms with Gasteiger partial charge >= 0.3 is 6.09 Å². The van der Waals surface area contributed by atoms with E-state index in [1.54, 1.807) is 24.3 Å². The molecule has 0 aliphatic carbocycles. The standard InChI is InChI=1S/C19H26N2O3/c1-18(2,3)21(17(23)24)11-10-19(4,5)12-16(22)15-8-6-14(13-20)7-9-15/h6-9H,10-12H2,1-5H3,(H,23,24). The van der Waals surface area contributed by atoms with E-state index in [2.05, 4.69) is 0 Å². The first-order valence-corrected chi connectivity index (χ1v) is 8.00. The molecule has 0 spiro atoms. The number of hydrogen-bond acceptors (Lipinski definition) is 3. The van der Waals surface area contributed by atoms with Crippen LogP contribution in [0.5, 0.6) is 0 Å². The number of ketones is 1. The minimum atomic E-state index is -0.947. The highest BCUT2D eigenvalue weighted by Crippen LogP contribution is 2.29. The van der Waals surface area contributed by atoms with E-state index in [1.807, 2.05) is 40.7 Å². The van der Waals surface area contributed by atoms with Crippen LogP contribution in [-0.4, -0.2) is 34.0 Å². The Labute approximate surface area is 143 Å². The van der Waals surface area contributed by atoms with Crippen molar-refractivity contribution in [2.45, 2.75) is 53.0 Å². The number of nitriles is 1. The molecule has 1 amide bonds. The fourth-order valence-electron chi connectivity index (χ4n) is 2.49. The van der Waals surface area contributed by atoms with Crippen LogP contribution in [0.15, 0.2) is 24.3 Å². The number of Topliss-reactive ketones (excluding diaryl/α,β-unsaturated/α-hetero) is 1. The first-order valence-electron chi connectivity index (χ1n) is 8.00. The Morgan fingerprint density at radius 1 is 1.12 bits per heavy atom. The average Bonchev–Trinajstić information content (AvgIpc) is 2.45. The molecule has 0 aliphatic heterocycles. The molecular formula is C19H26N2O3. The van der Waals surface area contributed by atoms with E-state index in [1.165, 1.54) is 4.90 Å². The van der Waals surface area contributed by atoms with Crippen LogP contribution in [0, 0.1) is 16.7 Å². The zero-order chi connectivity index (χ0) is 18.5. The third kappa shape index (κ3) is 5.69. The number of nitrogens with zero attached hydrogens (tertiary/aromatic N) is 2. The van der Waals surface area contributed by atoms with Gasteiger partial charge in [0.2, 0.25) is 0 Å². The van der Waals surface area contributed by atoms with Crippen LogP contribution in [0.1, 0.15) is 63.4 Å². The highest BCUT2D eigenvalue weighted by Gasteiger charge is 2.29. The maximum Gasteiger partial charge on any atom is 0.407 e. The average molecular weight is 330 g/mol.